The molecule has 0 saturated carbocycles. The number of carbonyl (C=O) groups is 2. The number of hydrogen-bond donors (Lipinski definition) is 2. The van der Waals surface area contributed by atoms with Crippen LogP contribution in [0.2, 0.25) is 0 Å². The molecule has 0 spiro atoms. The molecule has 0 unspecified atom stereocenters. The van der Waals surface area contributed by atoms with Crippen LogP contribution in [-0.2, 0) is 18.4 Å². The van der Waals surface area contributed by atoms with Gasteiger partial charge >= 0.3 is 0 Å². The number of amides is 2. The van der Waals surface area contributed by atoms with Gasteiger partial charge in [-0.25, -0.2) is 4.39 Å². The van der Waals surface area contributed by atoms with E-state index in [2.05, 4.69) is 20.6 Å². The smallest absolute Gasteiger partial charge is 0.271 e. The van der Waals surface area contributed by atoms with Crippen molar-refractivity contribution in [3.8, 4) is 0 Å². The fourth-order valence-corrected chi connectivity index (χ4v) is 3.69. The first-order valence-corrected chi connectivity index (χ1v) is 9.85. The van der Waals surface area contributed by atoms with Crippen LogP contribution in [0.5, 0.6) is 0 Å². The zero-order valence-corrected chi connectivity index (χ0v) is 17.1. The summed E-state index contributed by atoms with van der Waals surface area (Å²) in [5.74, 6) is -0.545. The molecule has 2 N–H and O–H groups in total. The summed E-state index contributed by atoms with van der Waals surface area (Å²) in [6, 6.07) is 8.29. The van der Waals surface area contributed by atoms with E-state index in [1.54, 1.807) is 29.9 Å². The Bertz CT molecular complexity index is 862. The van der Waals surface area contributed by atoms with E-state index in [9.17, 15) is 14.0 Å². The molecule has 0 radical (unpaired) electrons. The quantitative estimate of drug-likeness (QED) is 0.741. The Morgan fingerprint density at radius 1 is 1.17 bits per heavy atom. The molecule has 2 heterocycles. The van der Waals surface area contributed by atoms with E-state index in [0.717, 1.165) is 24.1 Å². The molecular weight excluding hydrogens is 373 g/mol. The monoisotopic (exact) mass is 401 g/mol. The van der Waals surface area contributed by atoms with Gasteiger partial charge in [-0.1, -0.05) is 12.1 Å². The molecule has 3 rings (SSSR count). The molecule has 1 fully saturated rings. The van der Waals surface area contributed by atoms with Gasteiger partial charge in [0.15, 0.2) is 0 Å². The fraction of sp³-hybridized carbons (Fsp3) is 0.476. The Kier molecular flexibility index (Phi) is 6.64. The first-order chi connectivity index (χ1) is 13.8. The molecular formula is C21H28FN5O2. The molecule has 2 atom stereocenters. The lowest BCUT2D eigenvalue weighted by atomic mass is 10.1. The average Bonchev–Trinajstić information content (AvgIpc) is 3.20. The number of rotatable bonds is 7. The molecule has 29 heavy (non-hydrogen) atoms. The van der Waals surface area contributed by atoms with E-state index < -0.39 is 0 Å². The Morgan fingerprint density at radius 2 is 1.93 bits per heavy atom. The lowest BCUT2D eigenvalue weighted by Crippen LogP contribution is -2.42. The van der Waals surface area contributed by atoms with Gasteiger partial charge in [0.2, 0.25) is 5.91 Å². The molecule has 1 aromatic heterocycles. The molecule has 1 aromatic carbocycles. The number of nitrogens with zero attached hydrogens (tertiary/aromatic N) is 3. The van der Waals surface area contributed by atoms with Crippen LogP contribution in [0, 0.1) is 12.7 Å². The van der Waals surface area contributed by atoms with E-state index in [-0.39, 0.29) is 29.7 Å². The third-order valence-electron chi connectivity index (χ3n) is 5.63. The van der Waals surface area contributed by atoms with Crippen LogP contribution in [-0.4, -0.2) is 52.2 Å². The SMILES string of the molecule is Cc1cc(C(=O)NC[C@@H]2CC[C@H](CC(=O)NCc3cccc(F)c3)N2C)nn1C. The first-order valence-electron chi connectivity index (χ1n) is 9.85. The minimum atomic E-state index is -0.307. The molecule has 2 aromatic rings. The summed E-state index contributed by atoms with van der Waals surface area (Å²) in [6.07, 6.45) is 2.20. The van der Waals surface area contributed by atoms with Crippen LogP contribution in [0.4, 0.5) is 4.39 Å². The maximum atomic E-state index is 13.2. The Morgan fingerprint density at radius 3 is 2.62 bits per heavy atom. The van der Waals surface area contributed by atoms with Crippen molar-refractivity contribution in [2.45, 2.75) is 44.8 Å². The molecule has 8 heteroatoms. The third kappa shape index (κ3) is 5.41. The van der Waals surface area contributed by atoms with Crippen LogP contribution in [0.3, 0.4) is 0 Å². The highest BCUT2D eigenvalue weighted by molar-refractivity contribution is 5.92. The highest BCUT2D eigenvalue weighted by Crippen LogP contribution is 2.24. The number of likely N-dealkylation sites (N-methyl/N-ethyl adjacent to an activating group) is 1. The van der Waals surface area contributed by atoms with Crippen molar-refractivity contribution in [1.82, 2.24) is 25.3 Å². The first kappa shape index (κ1) is 21.0. The molecule has 1 aliphatic heterocycles. The van der Waals surface area contributed by atoms with Crippen molar-refractivity contribution in [3.63, 3.8) is 0 Å². The van der Waals surface area contributed by atoms with Crippen LogP contribution in [0.25, 0.3) is 0 Å². The number of nitrogens with one attached hydrogen (secondary N) is 2. The van der Waals surface area contributed by atoms with Gasteiger partial charge in [-0.2, -0.15) is 5.10 Å². The molecule has 7 nitrogen and oxygen atoms in total. The summed E-state index contributed by atoms with van der Waals surface area (Å²) >= 11 is 0. The maximum absolute atomic E-state index is 13.2. The minimum Gasteiger partial charge on any atom is -0.352 e. The number of benzene rings is 1. The van der Waals surface area contributed by atoms with Crippen molar-refractivity contribution in [3.05, 3.63) is 53.1 Å². The van der Waals surface area contributed by atoms with Crippen molar-refractivity contribution in [2.75, 3.05) is 13.6 Å². The second-order valence-corrected chi connectivity index (χ2v) is 7.67. The lowest BCUT2D eigenvalue weighted by molar-refractivity contribution is -0.122. The number of halogens is 1. The Balaban J connectivity index is 1.43. The Labute approximate surface area is 170 Å². The standard InChI is InChI=1S/C21H28FN5O2/c1-14-9-19(25-27(14)3)21(29)24-13-18-8-7-17(26(18)2)11-20(28)23-12-15-5-4-6-16(22)10-15/h4-6,9-10,17-18H,7-8,11-13H2,1-3H3,(H,23,28)(H,24,29)/t17-,18+/m1/s1. The van der Waals surface area contributed by atoms with Crippen molar-refractivity contribution < 1.29 is 14.0 Å². The molecule has 0 aliphatic carbocycles. The molecule has 2 amide bonds. The van der Waals surface area contributed by atoms with Gasteiger partial charge in [0, 0.05) is 44.3 Å². The van der Waals surface area contributed by atoms with Crippen molar-refractivity contribution in [2.24, 2.45) is 7.05 Å². The summed E-state index contributed by atoms with van der Waals surface area (Å²) in [7, 11) is 3.79. The van der Waals surface area contributed by atoms with E-state index in [4.69, 9.17) is 0 Å². The van der Waals surface area contributed by atoms with E-state index in [0.29, 0.717) is 25.2 Å². The highest BCUT2D eigenvalue weighted by Gasteiger charge is 2.32. The Hall–Kier alpha value is -2.74. The highest BCUT2D eigenvalue weighted by atomic mass is 19.1. The third-order valence-corrected chi connectivity index (χ3v) is 5.63. The van der Waals surface area contributed by atoms with Gasteiger partial charge in [-0.3, -0.25) is 19.2 Å². The zero-order chi connectivity index (χ0) is 21.0. The zero-order valence-electron chi connectivity index (χ0n) is 17.1. The second-order valence-electron chi connectivity index (χ2n) is 7.67. The topological polar surface area (TPSA) is 79.3 Å². The predicted octanol–water partition coefficient (Wildman–Crippen LogP) is 1.77. The van der Waals surface area contributed by atoms with Gasteiger partial charge in [0.1, 0.15) is 11.5 Å². The van der Waals surface area contributed by atoms with Gasteiger partial charge in [-0.15, -0.1) is 0 Å². The number of hydrogen-bond acceptors (Lipinski definition) is 4. The van der Waals surface area contributed by atoms with E-state index >= 15 is 0 Å². The summed E-state index contributed by atoms with van der Waals surface area (Å²) in [5, 5.41) is 9.99. The maximum Gasteiger partial charge on any atom is 0.271 e. The van der Waals surface area contributed by atoms with Crippen LogP contribution in [0.1, 0.15) is 41.0 Å². The van der Waals surface area contributed by atoms with Gasteiger partial charge in [-0.05, 0) is 50.6 Å². The summed E-state index contributed by atoms with van der Waals surface area (Å²) in [4.78, 5) is 26.7. The summed E-state index contributed by atoms with van der Waals surface area (Å²) in [6.45, 7) is 2.74. The molecule has 156 valence electrons. The van der Waals surface area contributed by atoms with E-state index in [1.165, 1.54) is 12.1 Å². The van der Waals surface area contributed by atoms with Gasteiger partial charge in [0.05, 0.1) is 0 Å². The molecule has 1 aliphatic rings. The minimum absolute atomic E-state index is 0.0558. The lowest BCUT2D eigenvalue weighted by Gasteiger charge is -2.25. The van der Waals surface area contributed by atoms with Crippen molar-refractivity contribution in [1.29, 1.82) is 0 Å². The van der Waals surface area contributed by atoms with Gasteiger partial charge in [0.25, 0.3) is 5.91 Å². The number of carbonyl (C=O) groups excluding carboxylic acids is 2. The number of aryl methyl sites for hydroxylation is 2. The normalized spacial score (nSPS) is 19.3. The van der Waals surface area contributed by atoms with Crippen LogP contribution >= 0.6 is 0 Å². The fourth-order valence-electron chi connectivity index (χ4n) is 3.69. The summed E-state index contributed by atoms with van der Waals surface area (Å²) < 4.78 is 14.9. The predicted molar refractivity (Wildman–Crippen MR) is 108 cm³/mol. The molecule has 0 bridgehead atoms. The molecule has 1 saturated heterocycles. The van der Waals surface area contributed by atoms with Crippen molar-refractivity contribution >= 4 is 11.8 Å². The average molecular weight is 401 g/mol. The van der Waals surface area contributed by atoms with Crippen LogP contribution < -0.4 is 10.6 Å². The van der Waals surface area contributed by atoms with Gasteiger partial charge < -0.3 is 10.6 Å². The summed E-state index contributed by atoms with van der Waals surface area (Å²) in [5.41, 5.74) is 2.08. The van der Waals surface area contributed by atoms with E-state index in [1.807, 2.05) is 14.0 Å². The number of aromatic nitrogens is 2. The number of likely N-dealkylation sites (tertiary alicyclic amines) is 1. The second kappa shape index (κ2) is 9.17. The van der Waals surface area contributed by atoms with Crippen LogP contribution in [0.15, 0.2) is 30.3 Å². The largest absolute Gasteiger partial charge is 0.352 e.